The normalized spacial score (nSPS) is 21.2. The Kier molecular flexibility index (Phi) is 3.89. The lowest BCUT2D eigenvalue weighted by Gasteiger charge is -2.25. The zero-order valence-corrected chi connectivity index (χ0v) is 12.6. The summed E-state index contributed by atoms with van der Waals surface area (Å²) < 4.78 is 13.1. The zero-order chi connectivity index (χ0) is 15.7. The van der Waals surface area contributed by atoms with Gasteiger partial charge in [-0.2, -0.15) is 0 Å². The molecule has 1 aliphatic heterocycles. The molecule has 0 aliphatic carbocycles. The van der Waals surface area contributed by atoms with Crippen LogP contribution in [-0.2, 0) is 4.79 Å². The molecule has 0 saturated carbocycles. The van der Waals surface area contributed by atoms with E-state index in [0.717, 1.165) is 5.56 Å². The van der Waals surface area contributed by atoms with Crippen LogP contribution >= 0.6 is 11.3 Å². The predicted octanol–water partition coefficient (Wildman–Crippen LogP) is 1.98. The maximum absolute atomic E-state index is 13.1. The van der Waals surface area contributed by atoms with Gasteiger partial charge in [0.15, 0.2) is 0 Å². The summed E-state index contributed by atoms with van der Waals surface area (Å²) in [6.07, 6.45) is 0.217. The fourth-order valence-corrected chi connectivity index (χ4v) is 3.21. The van der Waals surface area contributed by atoms with Gasteiger partial charge < -0.3 is 10.2 Å². The molecule has 0 bridgehead atoms. The van der Waals surface area contributed by atoms with Crippen molar-refractivity contribution in [1.29, 1.82) is 0 Å². The van der Waals surface area contributed by atoms with Crippen LogP contribution in [0.15, 0.2) is 35.2 Å². The lowest BCUT2D eigenvalue weighted by molar-refractivity contribution is -0.127. The van der Waals surface area contributed by atoms with Crippen LogP contribution in [-0.4, -0.2) is 34.8 Å². The third kappa shape index (κ3) is 2.71. The molecule has 2 amide bonds. The Morgan fingerprint density at radius 3 is 2.77 bits per heavy atom. The van der Waals surface area contributed by atoms with Crippen LogP contribution < -0.4 is 5.32 Å². The zero-order valence-electron chi connectivity index (χ0n) is 11.8. The van der Waals surface area contributed by atoms with E-state index >= 15 is 0 Å². The van der Waals surface area contributed by atoms with Crippen LogP contribution in [0.4, 0.5) is 4.39 Å². The quantitative estimate of drug-likeness (QED) is 0.941. The van der Waals surface area contributed by atoms with Crippen molar-refractivity contribution in [2.75, 3.05) is 7.05 Å². The topological polar surface area (TPSA) is 62.3 Å². The van der Waals surface area contributed by atoms with Gasteiger partial charge in [-0.15, -0.1) is 11.3 Å². The molecule has 1 aliphatic rings. The van der Waals surface area contributed by atoms with E-state index in [4.69, 9.17) is 0 Å². The maximum Gasteiger partial charge on any atom is 0.271 e. The number of thiazole rings is 1. The molecular formula is C15H14FN3O2S. The summed E-state index contributed by atoms with van der Waals surface area (Å²) in [5, 5.41) is 4.51. The number of halogens is 1. The molecule has 114 valence electrons. The number of aromatic nitrogens is 1. The molecule has 1 aromatic carbocycles. The number of amides is 2. The van der Waals surface area contributed by atoms with Crippen molar-refractivity contribution in [2.24, 2.45) is 0 Å². The Bertz CT molecular complexity index is 687. The predicted molar refractivity (Wildman–Crippen MR) is 79.9 cm³/mol. The number of rotatable bonds is 3. The average molecular weight is 319 g/mol. The molecule has 5 nitrogen and oxygen atoms in total. The first kappa shape index (κ1) is 14.6. The molecule has 1 aromatic heterocycles. The first-order valence-corrected chi connectivity index (χ1v) is 7.70. The van der Waals surface area contributed by atoms with E-state index in [9.17, 15) is 14.0 Å². The second kappa shape index (κ2) is 5.84. The highest BCUT2D eigenvalue weighted by Gasteiger charge is 2.39. The van der Waals surface area contributed by atoms with Gasteiger partial charge in [-0.05, 0) is 17.7 Å². The van der Waals surface area contributed by atoms with E-state index in [0.29, 0.717) is 5.69 Å². The highest BCUT2D eigenvalue weighted by atomic mass is 32.1. The minimum atomic E-state index is -0.364. The van der Waals surface area contributed by atoms with Crippen molar-refractivity contribution >= 4 is 23.2 Å². The van der Waals surface area contributed by atoms with Gasteiger partial charge >= 0.3 is 0 Å². The summed E-state index contributed by atoms with van der Waals surface area (Å²) in [4.78, 5) is 29.7. The van der Waals surface area contributed by atoms with Crippen molar-refractivity contribution in [2.45, 2.75) is 18.5 Å². The Morgan fingerprint density at radius 2 is 2.14 bits per heavy atom. The van der Waals surface area contributed by atoms with Gasteiger partial charge in [0.1, 0.15) is 11.5 Å². The smallest absolute Gasteiger partial charge is 0.271 e. The largest absolute Gasteiger partial charge is 0.345 e. The lowest BCUT2D eigenvalue weighted by atomic mass is 10.00. The summed E-state index contributed by atoms with van der Waals surface area (Å²) in [5.41, 5.74) is 2.71. The molecule has 7 heteroatoms. The molecule has 1 N–H and O–H groups in total. The number of likely N-dealkylation sites (N-methyl/N-ethyl adjacent to an activating group) is 1. The van der Waals surface area contributed by atoms with Crippen molar-refractivity contribution in [3.05, 3.63) is 52.2 Å². The van der Waals surface area contributed by atoms with Gasteiger partial charge in [-0.3, -0.25) is 9.59 Å². The molecule has 0 spiro atoms. The number of benzene rings is 1. The van der Waals surface area contributed by atoms with Crippen LogP contribution in [0.3, 0.4) is 0 Å². The molecule has 1 fully saturated rings. The fraction of sp³-hybridized carbons (Fsp3) is 0.267. The fourth-order valence-electron chi connectivity index (χ4n) is 2.68. The third-order valence-electron chi connectivity index (χ3n) is 3.78. The van der Waals surface area contributed by atoms with E-state index in [1.807, 2.05) is 0 Å². The number of carbonyl (C=O) groups is 2. The van der Waals surface area contributed by atoms with E-state index in [-0.39, 0.29) is 36.1 Å². The Labute approximate surface area is 130 Å². The molecule has 2 atom stereocenters. The van der Waals surface area contributed by atoms with E-state index < -0.39 is 0 Å². The van der Waals surface area contributed by atoms with Crippen molar-refractivity contribution in [1.82, 2.24) is 15.2 Å². The third-order valence-corrected chi connectivity index (χ3v) is 4.37. The summed E-state index contributed by atoms with van der Waals surface area (Å²) in [7, 11) is 1.69. The standard InChI is InChI=1S/C15H14FN3O2S/c1-19-13(20)6-11(18-15(21)12-7-22-8-17-12)14(19)9-2-4-10(16)5-3-9/h2-5,7-8,11,14H,6H2,1H3,(H,18,21). The molecule has 2 unspecified atom stereocenters. The Morgan fingerprint density at radius 1 is 1.41 bits per heavy atom. The summed E-state index contributed by atoms with van der Waals surface area (Å²) in [6, 6.07) is 5.30. The molecule has 0 radical (unpaired) electrons. The molecule has 3 rings (SSSR count). The number of nitrogens with one attached hydrogen (secondary N) is 1. The minimum Gasteiger partial charge on any atom is -0.345 e. The number of hydrogen-bond donors (Lipinski definition) is 1. The highest BCUT2D eigenvalue weighted by molar-refractivity contribution is 7.07. The Balaban J connectivity index is 1.83. The number of nitrogens with zero attached hydrogens (tertiary/aromatic N) is 2. The SMILES string of the molecule is CN1C(=O)CC(NC(=O)c2cscn2)C1c1ccc(F)cc1. The minimum absolute atomic E-state index is 0.0575. The van der Waals surface area contributed by atoms with E-state index in [1.165, 1.54) is 23.5 Å². The van der Waals surface area contributed by atoms with Crippen LogP contribution in [0.5, 0.6) is 0 Å². The van der Waals surface area contributed by atoms with Gasteiger partial charge in [0.2, 0.25) is 5.91 Å². The number of likely N-dealkylation sites (tertiary alicyclic amines) is 1. The molecule has 2 aromatic rings. The highest BCUT2D eigenvalue weighted by Crippen LogP contribution is 2.32. The summed E-state index contributed by atoms with van der Waals surface area (Å²) in [5.74, 6) is -0.696. The van der Waals surface area contributed by atoms with Crippen LogP contribution in [0, 0.1) is 5.82 Å². The molecule has 22 heavy (non-hydrogen) atoms. The monoisotopic (exact) mass is 319 g/mol. The average Bonchev–Trinajstić information content (AvgIpc) is 3.11. The number of hydrogen-bond acceptors (Lipinski definition) is 4. The van der Waals surface area contributed by atoms with Crippen molar-refractivity contribution in [3.8, 4) is 0 Å². The number of carbonyl (C=O) groups excluding carboxylic acids is 2. The van der Waals surface area contributed by atoms with Gasteiger partial charge in [0, 0.05) is 18.8 Å². The summed E-state index contributed by atoms with van der Waals surface area (Å²) in [6.45, 7) is 0. The van der Waals surface area contributed by atoms with E-state index in [1.54, 1.807) is 35.0 Å². The van der Waals surface area contributed by atoms with Gasteiger partial charge in [0.05, 0.1) is 17.6 Å². The van der Waals surface area contributed by atoms with Crippen molar-refractivity contribution < 1.29 is 14.0 Å². The van der Waals surface area contributed by atoms with E-state index in [2.05, 4.69) is 10.3 Å². The molecular weight excluding hydrogens is 305 g/mol. The van der Waals surface area contributed by atoms with Crippen LogP contribution in [0.25, 0.3) is 0 Å². The van der Waals surface area contributed by atoms with Crippen molar-refractivity contribution in [3.63, 3.8) is 0 Å². The maximum atomic E-state index is 13.1. The van der Waals surface area contributed by atoms with Crippen LogP contribution in [0.2, 0.25) is 0 Å². The van der Waals surface area contributed by atoms with Gasteiger partial charge in [-0.1, -0.05) is 12.1 Å². The molecule has 1 saturated heterocycles. The van der Waals surface area contributed by atoms with Gasteiger partial charge in [-0.25, -0.2) is 9.37 Å². The second-order valence-electron chi connectivity index (χ2n) is 5.16. The van der Waals surface area contributed by atoms with Crippen LogP contribution in [0.1, 0.15) is 28.5 Å². The lowest BCUT2D eigenvalue weighted by Crippen LogP contribution is -2.39. The summed E-state index contributed by atoms with van der Waals surface area (Å²) >= 11 is 1.33. The molecule has 2 heterocycles. The second-order valence-corrected chi connectivity index (χ2v) is 5.88. The first-order valence-electron chi connectivity index (χ1n) is 6.76. The Hall–Kier alpha value is -2.28. The first-order chi connectivity index (χ1) is 10.6. The van der Waals surface area contributed by atoms with Gasteiger partial charge in [0.25, 0.3) is 5.91 Å².